The summed E-state index contributed by atoms with van der Waals surface area (Å²) in [5, 5.41) is -0.336. The number of nitrogens with zero attached hydrogens (tertiary/aromatic N) is 1. The average molecular weight is 415 g/mol. The molecule has 1 saturated heterocycles. The zero-order valence-electron chi connectivity index (χ0n) is 16.3. The van der Waals surface area contributed by atoms with Gasteiger partial charge in [-0.1, -0.05) is 18.2 Å². The number of methoxy groups -OCH3 is 3. The highest BCUT2D eigenvalue weighted by Gasteiger charge is 2.35. The second-order valence-corrected chi connectivity index (χ2v) is 6.91. The lowest BCUT2D eigenvalue weighted by Gasteiger charge is -2.14. The standard InChI is InChI=1S/C21H21NO6S/c1-25-16-10-9-14(18(26-2)19(16)27-3)13-17-20(23)22(21(24)29-17)11-12-28-15-7-5-4-6-8-15/h4-10,13H,11-12H2,1-3H3/b17-13-. The van der Waals surface area contributed by atoms with E-state index in [4.69, 9.17) is 18.9 Å². The van der Waals surface area contributed by atoms with Crippen LogP contribution in [0.1, 0.15) is 5.56 Å². The summed E-state index contributed by atoms with van der Waals surface area (Å²) in [5.41, 5.74) is 0.608. The maximum atomic E-state index is 12.7. The first kappa shape index (κ1) is 20.6. The van der Waals surface area contributed by atoms with Gasteiger partial charge in [-0.2, -0.15) is 0 Å². The molecule has 7 nitrogen and oxygen atoms in total. The lowest BCUT2D eigenvalue weighted by Crippen LogP contribution is -2.32. The quantitative estimate of drug-likeness (QED) is 0.607. The van der Waals surface area contributed by atoms with Crippen LogP contribution in [0.4, 0.5) is 4.79 Å². The first-order valence-electron chi connectivity index (χ1n) is 8.81. The van der Waals surface area contributed by atoms with Gasteiger partial charge >= 0.3 is 0 Å². The Kier molecular flexibility index (Phi) is 6.66. The van der Waals surface area contributed by atoms with Crippen LogP contribution in [0, 0.1) is 0 Å². The van der Waals surface area contributed by atoms with Gasteiger partial charge in [0.25, 0.3) is 11.1 Å². The Morgan fingerprint density at radius 3 is 2.31 bits per heavy atom. The van der Waals surface area contributed by atoms with Crippen LogP contribution in [0.25, 0.3) is 6.08 Å². The SMILES string of the molecule is COc1ccc(/C=C2\SC(=O)N(CCOc3ccccc3)C2=O)c(OC)c1OC. The summed E-state index contributed by atoms with van der Waals surface area (Å²) in [4.78, 5) is 26.5. The lowest BCUT2D eigenvalue weighted by molar-refractivity contribution is -0.123. The minimum absolute atomic E-state index is 0.167. The largest absolute Gasteiger partial charge is 0.493 e. The molecule has 0 bridgehead atoms. The van der Waals surface area contributed by atoms with Gasteiger partial charge in [0.1, 0.15) is 12.4 Å². The number of carbonyl (C=O) groups excluding carboxylic acids is 2. The number of hydrogen-bond donors (Lipinski definition) is 0. The zero-order chi connectivity index (χ0) is 20.8. The van der Waals surface area contributed by atoms with Crippen molar-refractivity contribution in [3.05, 3.63) is 52.9 Å². The highest BCUT2D eigenvalue weighted by Crippen LogP contribution is 2.42. The predicted molar refractivity (Wildman–Crippen MR) is 111 cm³/mol. The molecule has 0 saturated carbocycles. The third kappa shape index (κ3) is 4.48. The molecule has 3 rings (SSSR count). The van der Waals surface area contributed by atoms with E-state index < -0.39 is 0 Å². The molecule has 0 radical (unpaired) electrons. The Morgan fingerprint density at radius 2 is 1.66 bits per heavy atom. The van der Waals surface area contributed by atoms with Gasteiger partial charge in [-0.25, -0.2) is 0 Å². The van der Waals surface area contributed by atoms with Gasteiger partial charge in [-0.3, -0.25) is 14.5 Å². The van der Waals surface area contributed by atoms with Gasteiger partial charge < -0.3 is 18.9 Å². The first-order valence-corrected chi connectivity index (χ1v) is 9.63. The maximum absolute atomic E-state index is 12.7. The maximum Gasteiger partial charge on any atom is 0.293 e. The van der Waals surface area contributed by atoms with E-state index in [1.54, 1.807) is 18.2 Å². The molecule has 0 N–H and O–H groups in total. The molecular weight excluding hydrogens is 394 g/mol. The molecule has 2 amide bonds. The monoisotopic (exact) mass is 415 g/mol. The van der Waals surface area contributed by atoms with Gasteiger partial charge in [0.2, 0.25) is 5.75 Å². The van der Waals surface area contributed by atoms with Gasteiger partial charge in [-0.05, 0) is 42.1 Å². The summed E-state index contributed by atoms with van der Waals surface area (Å²) < 4.78 is 21.6. The van der Waals surface area contributed by atoms with Crippen molar-refractivity contribution in [2.24, 2.45) is 0 Å². The number of hydrogen-bond acceptors (Lipinski definition) is 7. The summed E-state index contributed by atoms with van der Waals surface area (Å²) >= 11 is 0.881. The second-order valence-electron chi connectivity index (χ2n) is 5.92. The van der Waals surface area contributed by atoms with Crippen molar-refractivity contribution in [2.45, 2.75) is 0 Å². The van der Waals surface area contributed by atoms with Crippen molar-refractivity contribution >= 4 is 29.0 Å². The van der Waals surface area contributed by atoms with Crippen LogP contribution in [0.2, 0.25) is 0 Å². The van der Waals surface area contributed by atoms with Crippen molar-refractivity contribution in [2.75, 3.05) is 34.5 Å². The van der Waals surface area contributed by atoms with Crippen molar-refractivity contribution in [1.82, 2.24) is 4.90 Å². The Labute approximate surface area is 173 Å². The fourth-order valence-electron chi connectivity index (χ4n) is 2.84. The number of ether oxygens (including phenoxy) is 4. The number of carbonyl (C=O) groups is 2. The van der Waals surface area contributed by atoms with E-state index in [1.807, 2.05) is 30.3 Å². The van der Waals surface area contributed by atoms with E-state index in [9.17, 15) is 9.59 Å². The number of imide groups is 1. The van der Waals surface area contributed by atoms with E-state index in [0.29, 0.717) is 33.5 Å². The molecule has 0 aliphatic carbocycles. The van der Waals surface area contributed by atoms with Gasteiger partial charge in [-0.15, -0.1) is 0 Å². The number of benzene rings is 2. The number of para-hydroxylation sites is 1. The summed E-state index contributed by atoms with van der Waals surface area (Å²) in [5.74, 6) is 1.66. The molecule has 2 aromatic carbocycles. The Hall–Kier alpha value is -3.13. The second kappa shape index (κ2) is 9.38. The Bertz CT molecular complexity index is 928. The third-order valence-corrected chi connectivity index (χ3v) is 5.13. The number of amides is 2. The minimum atomic E-state index is -0.367. The first-order chi connectivity index (χ1) is 14.1. The Balaban J connectivity index is 1.76. The molecular formula is C21H21NO6S. The summed E-state index contributed by atoms with van der Waals surface area (Å²) in [6.45, 7) is 0.384. The van der Waals surface area contributed by atoms with Gasteiger partial charge in [0, 0.05) is 5.56 Å². The normalized spacial score (nSPS) is 15.0. The molecule has 2 aromatic rings. The van der Waals surface area contributed by atoms with Crippen LogP contribution in [0.5, 0.6) is 23.0 Å². The fraction of sp³-hybridized carbons (Fsp3) is 0.238. The smallest absolute Gasteiger partial charge is 0.293 e. The third-order valence-electron chi connectivity index (χ3n) is 4.22. The molecule has 29 heavy (non-hydrogen) atoms. The van der Waals surface area contributed by atoms with Crippen LogP contribution in [-0.4, -0.2) is 50.5 Å². The number of thioether (sulfide) groups is 1. The van der Waals surface area contributed by atoms with Crippen molar-refractivity contribution in [3.8, 4) is 23.0 Å². The summed E-state index contributed by atoms with van der Waals surface area (Å²) in [6, 6.07) is 12.7. The molecule has 1 aliphatic rings. The molecule has 152 valence electrons. The topological polar surface area (TPSA) is 74.3 Å². The van der Waals surface area contributed by atoms with E-state index in [-0.39, 0.29) is 24.3 Å². The fourth-order valence-corrected chi connectivity index (χ4v) is 3.70. The van der Waals surface area contributed by atoms with Crippen LogP contribution in [-0.2, 0) is 4.79 Å². The molecule has 8 heteroatoms. The van der Waals surface area contributed by atoms with Gasteiger partial charge in [0.15, 0.2) is 11.5 Å². The van der Waals surface area contributed by atoms with Crippen LogP contribution in [0.15, 0.2) is 47.4 Å². The van der Waals surface area contributed by atoms with Crippen molar-refractivity contribution in [3.63, 3.8) is 0 Å². The molecule has 0 aromatic heterocycles. The molecule has 0 atom stereocenters. The average Bonchev–Trinajstić information content (AvgIpc) is 3.01. The van der Waals surface area contributed by atoms with Crippen LogP contribution in [0.3, 0.4) is 0 Å². The zero-order valence-corrected chi connectivity index (χ0v) is 17.2. The highest BCUT2D eigenvalue weighted by atomic mass is 32.2. The summed E-state index contributed by atoms with van der Waals surface area (Å²) in [6.07, 6.45) is 1.61. The molecule has 0 spiro atoms. The molecule has 0 unspecified atom stereocenters. The molecule has 1 heterocycles. The van der Waals surface area contributed by atoms with Crippen molar-refractivity contribution in [1.29, 1.82) is 0 Å². The number of rotatable bonds is 8. The van der Waals surface area contributed by atoms with Crippen LogP contribution < -0.4 is 18.9 Å². The van der Waals surface area contributed by atoms with Crippen LogP contribution >= 0.6 is 11.8 Å². The molecule has 1 aliphatic heterocycles. The molecule has 1 fully saturated rings. The lowest BCUT2D eigenvalue weighted by atomic mass is 10.1. The predicted octanol–water partition coefficient (Wildman–Crippen LogP) is 3.83. The van der Waals surface area contributed by atoms with E-state index >= 15 is 0 Å². The van der Waals surface area contributed by atoms with E-state index in [2.05, 4.69) is 0 Å². The Morgan fingerprint density at radius 1 is 0.931 bits per heavy atom. The van der Waals surface area contributed by atoms with Crippen molar-refractivity contribution < 1.29 is 28.5 Å². The van der Waals surface area contributed by atoms with E-state index in [1.165, 1.54) is 26.2 Å². The summed E-state index contributed by atoms with van der Waals surface area (Å²) in [7, 11) is 4.53. The minimum Gasteiger partial charge on any atom is -0.493 e. The van der Waals surface area contributed by atoms with E-state index in [0.717, 1.165) is 11.8 Å². The van der Waals surface area contributed by atoms with Gasteiger partial charge in [0.05, 0.1) is 32.8 Å². The highest BCUT2D eigenvalue weighted by molar-refractivity contribution is 8.18.